The van der Waals surface area contributed by atoms with Crippen LogP contribution < -0.4 is 10.1 Å². The monoisotopic (exact) mass is 520 g/mol. The van der Waals surface area contributed by atoms with Crippen LogP contribution in [0, 0.1) is 11.3 Å². The highest BCUT2D eigenvalue weighted by atomic mass is 35.5. The lowest BCUT2D eigenvalue weighted by molar-refractivity contribution is 0.0697. The van der Waals surface area contributed by atoms with Gasteiger partial charge in [0.25, 0.3) is 0 Å². The Labute approximate surface area is 224 Å². The molecule has 0 fully saturated rings. The minimum Gasteiger partial charge on any atom is -0.489 e. The number of nitrogens with one attached hydrogen (secondary N) is 1. The van der Waals surface area contributed by atoms with Crippen molar-refractivity contribution in [3.05, 3.63) is 88.5 Å². The van der Waals surface area contributed by atoms with E-state index in [1.54, 1.807) is 30.3 Å². The molecule has 0 bridgehead atoms. The van der Waals surface area contributed by atoms with E-state index >= 15 is 0 Å². The molecule has 0 aromatic heterocycles. The molecule has 4 rings (SSSR count). The molecule has 3 aromatic carbocycles. The van der Waals surface area contributed by atoms with Gasteiger partial charge in [-0.2, -0.15) is 5.26 Å². The normalized spacial score (nSPS) is 13.2. The average Bonchev–Trinajstić information content (AvgIpc) is 3.34. The Bertz CT molecular complexity index is 1280. The summed E-state index contributed by atoms with van der Waals surface area (Å²) in [5.41, 5.74) is 6.21. The first-order valence-corrected chi connectivity index (χ1v) is 12.3. The topological polar surface area (TPSA) is 103 Å². The highest BCUT2D eigenvalue weighted by Crippen LogP contribution is 2.28. The van der Waals surface area contributed by atoms with Gasteiger partial charge in [-0.3, -0.25) is 0 Å². The summed E-state index contributed by atoms with van der Waals surface area (Å²) in [4.78, 5) is 11.1. The summed E-state index contributed by atoms with van der Waals surface area (Å²) < 4.78 is 5.84. The molecule has 37 heavy (non-hydrogen) atoms. The SMILES string of the molecule is CC(C)(Cc1ccc2c(c1)CCC2)NC[C@@H](O)COc1cc(-c2ccc(C(=O)O)cc2)ccc1C#N.Cl. The number of ether oxygens (including phenoxy) is 1. The highest BCUT2D eigenvalue weighted by molar-refractivity contribution is 5.88. The standard InChI is InChI=1S/C30H32N2O4.ClH/c1-30(2,16-20-6-7-21-4-3-5-24(21)14-20)32-18-27(33)19-36-28-15-25(12-13-26(28)17-31)22-8-10-23(11-9-22)29(34)35;/h6-15,27,32-33H,3-5,16,18-19H2,1-2H3,(H,34,35);1H/t27-;/m1./s1. The van der Waals surface area contributed by atoms with Crippen LogP contribution in [-0.2, 0) is 19.3 Å². The van der Waals surface area contributed by atoms with E-state index in [0.717, 1.165) is 24.0 Å². The number of hydrogen-bond acceptors (Lipinski definition) is 5. The van der Waals surface area contributed by atoms with Crippen LogP contribution in [0.4, 0.5) is 0 Å². The molecule has 0 amide bonds. The van der Waals surface area contributed by atoms with E-state index in [2.05, 4.69) is 43.4 Å². The summed E-state index contributed by atoms with van der Waals surface area (Å²) in [6.45, 7) is 4.65. The minimum atomic E-state index is -0.983. The number of β-amino-alcohol motifs (C(OH)–C–C–N with tert-alkyl or cyclic N) is 1. The van der Waals surface area contributed by atoms with Crippen molar-refractivity contribution in [1.82, 2.24) is 5.32 Å². The molecule has 3 N–H and O–H groups in total. The third-order valence-corrected chi connectivity index (χ3v) is 6.62. The summed E-state index contributed by atoms with van der Waals surface area (Å²) in [5, 5.41) is 32.6. The zero-order chi connectivity index (χ0) is 25.7. The predicted molar refractivity (Wildman–Crippen MR) is 147 cm³/mol. The Morgan fingerprint density at radius 1 is 1.05 bits per heavy atom. The molecule has 0 saturated carbocycles. The number of carboxylic acid groups (broad SMARTS) is 1. The number of aliphatic hydroxyl groups is 1. The van der Waals surface area contributed by atoms with Gasteiger partial charge in [0.2, 0.25) is 0 Å². The molecule has 0 saturated heterocycles. The Kier molecular flexibility index (Phi) is 9.34. The van der Waals surface area contributed by atoms with E-state index in [0.29, 0.717) is 17.9 Å². The molecule has 194 valence electrons. The maximum Gasteiger partial charge on any atom is 0.335 e. The van der Waals surface area contributed by atoms with Crippen LogP contribution in [0.1, 0.15) is 52.9 Å². The molecule has 0 spiro atoms. The second-order valence-corrected chi connectivity index (χ2v) is 10.1. The predicted octanol–water partition coefficient (Wildman–Crippen LogP) is 5.18. The lowest BCUT2D eigenvalue weighted by Gasteiger charge is -2.28. The summed E-state index contributed by atoms with van der Waals surface area (Å²) >= 11 is 0. The minimum absolute atomic E-state index is 0. The molecule has 0 heterocycles. The van der Waals surface area contributed by atoms with Crippen LogP contribution in [0.5, 0.6) is 5.75 Å². The highest BCUT2D eigenvalue weighted by Gasteiger charge is 2.21. The van der Waals surface area contributed by atoms with Gasteiger partial charge in [-0.25, -0.2) is 4.79 Å². The second-order valence-electron chi connectivity index (χ2n) is 10.1. The Hall–Kier alpha value is -3.37. The molecule has 0 radical (unpaired) electrons. The van der Waals surface area contributed by atoms with Gasteiger partial charge in [-0.15, -0.1) is 12.4 Å². The lowest BCUT2D eigenvalue weighted by atomic mass is 9.93. The average molecular weight is 521 g/mol. The van der Waals surface area contributed by atoms with Crippen molar-refractivity contribution in [2.75, 3.05) is 13.2 Å². The second kappa shape index (κ2) is 12.2. The summed E-state index contributed by atoms with van der Waals surface area (Å²) in [6, 6.07) is 20.6. The number of nitriles is 1. The fourth-order valence-electron chi connectivity index (χ4n) is 4.67. The maximum absolute atomic E-state index is 11.1. The number of carbonyl (C=O) groups is 1. The third-order valence-electron chi connectivity index (χ3n) is 6.62. The van der Waals surface area contributed by atoms with Gasteiger partial charge in [0, 0.05) is 12.1 Å². The number of hydrogen-bond donors (Lipinski definition) is 3. The van der Waals surface area contributed by atoms with Crippen LogP contribution in [0.15, 0.2) is 60.7 Å². The van der Waals surface area contributed by atoms with Crippen LogP contribution >= 0.6 is 12.4 Å². The van der Waals surface area contributed by atoms with Crippen molar-refractivity contribution in [3.63, 3.8) is 0 Å². The Morgan fingerprint density at radius 2 is 1.76 bits per heavy atom. The first-order chi connectivity index (χ1) is 17.2. The molecule has 1 aliphatic rings. The van der Waals surface area contributed by atoms with Crippen LogP contribution in [0.25, 0.3) is 11.1 Å². The number of aromatic carboxylic acids is 1. The summed E-state index contributed by atoms with van der Waals surface area (Å²) in [6.07, 6.45) is 3.67. The Balaban J connectivity index is 0.00000380. The number of rotatable bonds is 10. The number of aryl methyl sites for hydroxylation is 2. The first-order valence-electron chi connectivity index (χ1n) is 12.3. The molecule has 1 aliphatic carbocycles. The van der Waals surface area contributed by atoms with E-state index in [4.69, 9.17) is 9.84 Å². The fraction of sp³-hybridized carbons (Fsp3) is 0.333. The molecule has 0 aliphatic heterocycles. The largest absolute Gasteiger partial charge is 0.489 e. The quantitative estimate of drug-likeness (QED) is 0.340. The van der Waals surface area contributed by atoms with E-state index in [-0.39, 0.29) is 30.1 Å². The van der Waals surface area contributed by atoms with E-state index in [1.807, 2.05) is 0 Å². The van der Waals surface area contributed by atoms with Gasteiger partial charge in [0.1, 0.15) is 24.5 Å². The van der Waals surface area contributed by atoms with E-state index in [1.165, 1.54) is 41.7 Å². The van der Waals surface area contributed by atoms with Crippen LogP contribution in [0.3, 0.4) is 0 Å². The summed E-state index contributed by atoms with van der Waals surface area (Å²) in [7, 11) is 0. The first kappa shape index (κ1) is 28.2. The van der Waals surface area contributed by atoms with E-state index in [9.17, 15) is 15.2 Å². The van der Waals surface area contributed by atoms with Gasteiger partial charge < -0.3 is 20.3 Å². The van der Waals surface area contributed by atoms with Crippen LogP contribution in [0.2, 0.25) is 0 Å². The van der Waals surface area contributed by atoms with Crippen molar-refractivity contribution in [1.29, 1.82) is 5.26 Å². The number of nitrogens with zero attached hydrogens (tertiary/aromatic N) is 1. The van der Waals surface area contributed by atoms with Gasteiger partial charge in [0.15, 0.2) is 0 Å². The molecule has 6 nitrogen and oxygen atoms in total. The number of halogens is 1. The fourth-order valence-corrected chi connectivity index (χ4v) is 4.67. The molecule has 1 atom stereocenters. The van der Waals surface area contributed by atoms with Gasteiger partial charge in [0.05, 0.1) is 11.1 Å². The zero-order valence-corrected chi connectivity index (χ0v) is 22.0. The Morgan fingerprint density at radius 3 is 2.46 bits per heavy atom. The maximum atomic E-state index is 11.1. The van der Waals surface area contributed by atoms with Crippen molar-refractivity contribution in [3.8, 4) is 22.9 Å². The third kappa shape index (κ3) is 7.33. The number of benzene rings is 3. The van der Waals surface area contributed by atoms with Crippen LogP contribution in [-0.4, -0.2) is 41.0 Å². The smallest absolute Gasteiger partial charge is 0.335 e. The van der Waals surface area contributed by atoms with Crippen molar-refractivity contribution >= 4 is 18.4 Å². The van der Waals surface area contributed by atoms with Gasteiger partial charge >= 0.3 is 5.97 Å². The summed E-state index contributed by atoms with van der Waals surface area (Å²) in [5.74, 6) is -0.600. The molecule has 0 unspecified atom stereocenters. The number of fused-ring (bicyclic) bond motifs is 1. The molecule has 7 heteroatoms. The molecular weight excluding hydrogens is 488 g/mol. The molecule has 3 aromatic rings. The van der Waals surface area contributed by atoms with Gasteiger partial charge in [-0.05, 0) is 91.6 Å². The van der Waals surface area contributed by atoms with Crippen molar-refractivity contribution in [2.24, 2.45) is 0 Å². The van der Waals surface area contributed by atoms with Crippen molar-refractivity contribution in [2.45, 2.75) is 51.2 Å². The van der Waals surface area contributed by atoms with Crippen molar-refractivity contribution < 1.29 is 19.7 Å². The van der Waals surface area contributed by atoms with E-state index < -0.39 is 12.1 Å². The lowest BCUT2D eigenvalue weighted by Crippen LogP contribution is -2.46. The number of aliphatic hydroxyl groups excluding tert-OH is 1. The molecular formula is C30H33ClN2O4. The van der Waals surface area contributed by atoms with Gasteiger partial charge in [-0.1, -0.05) is 36.4 Å². The number of carboxylic acids is 1. The zero-order valence-electron chi connectivity index (χ0n) is 21.2.